The number of phenolic OH excluding ortho intramolecular Hbond substituents is 2. The van der Waals surface area contributed by atoms with Crippen molar-refractivity contribution in [2.24, 2.45) is 0 Å². The van der Waals surface area contributed by atoms with Crippen molar-refractivity contribution in [1.29, 1.82) is 0 Å². The van der Waals surface area contributed by atoms with E-state index in [0.29, 0.717) is 22.9 Å². The number of nitrogens with one attached hydrogen (secondary N) is 1. The maximum absolute atomic E-state index is 10.0. The van der Waals surface area contributed by atoms with Crippen LogP contribution in [-0.4, -0.2) is 23.9 Å². The lowest BCUT2D eigenvalue weighted by Gasteiger charge is -2.11. The van der Waals surface area contributed by atoms with E-state index in [9.17, 15) is 10.2 Å². The topological polar surface area (TPSA) is 61.7 Å². The Labute approximate surface area is 129 Å². The lowest BCUT2D eigenvalue weighted by atomic mass is 10.1. The molecule has 0 unspecified atom stereocenters. The van der Waals surface area contributed by atoms with E-state index in [1.165, 1.54) is 7.11 Å². The minimum Gasteiger partial charge on any atom is -0.508 e. The smallest absolute Gasteiger partial charge is 0.162 e. The second-order valence-corrected chi connectivity index (χ2v) is 5.15. The second-order valence-electron chi connectivity index (χ2n) is 4.71. The zero-order valence-electron chi connectivity index (χ0n) is 11.8. The van der Waals surface area contributed by atoms with Gasteiger partial charge in [0.25, 0.3) is 0 Å². The van der Waals surface area contributed by atoms with E-state index in [4.69, 9.17) is 16.3 Å². The predicted octanol–water partition coefficient (Wildman–Crippen LogP) is 3.09. The van der Waals surface area contributed by atoms with Gasteiger partial charge in [-0.25, -0.2) is 0 Å². The Balaban J connectivity index is 1.89. The predicted molar refractivity (Wildman–Crippen MR) is 83.2 cm³/mol. The highest BCUT2D eigenvalue weighted by atomic mass is 35.5. The molecule has 0 fully saturated rings. The lowest BCUT2D eigenvalue weighted by molar-refractivity contribution is 0.369. The molecular formula is C16H18ClNO3. The summed E-state index contributed by atoms with van der Waals surface area (Å²) in [5.41, 5.74) is 1.83. The minimum absolute atomic E-state index is 0.110. The van der Waals surface area contributed by atoms with Crippen LogP contribution in [0.2, 0.25) is 5.02 Å². The highest BCUT2D eigenvalue weighted by Gasteiger charge is 2.09. The van der Waals surface area contributed by atoms with Crippen LogP contribution < -0.4 is 10.1 Å². The number of halogens is 1. The van der Waals surface area contributed by atoms with Crippen molar-refractivity contribution in [2.75, 3.05) is 13.7 Å². The number of rotatable bonds is 6. The highest BCUT2D eigenvalue weighted by Crippen LogP contribution is 2.33. The van der Waals surface area contributed by atoms with Crippen LogP contribution in [0.4, 0.5) is 0 Å². The Kier molecular flexibility index (Phi) is 5.31. The molecule has 2 aromatic carbocycles. The van der Waals surface area contributed by atoms with Crippen molar-refractivity contribution in [1.82, 2.24) is 5.32 Å². The molecule has 0 aliphatic heterocycles. The standard InChI is InChI=1S/C16H18ClNO3/c1-21-15-9-13(17)8-12(16(15)20)10-18-7-6-11-2-4-14(19)5-3-11/h2-5,8-9,18-20H,6-7,10H2,1H3. The van der Waals surface area contributed by atoms with E-state index in [1.807, 2.05) is 12.1 Å². The fourth-order valence-electron chi connectivity index (χ4n) is 2.04. The first-order valence-electron chi connectivity index (χ1n) is 6.64. The molecule has 0 aliphatic rings. The molecular weight excluding hydrogens is 290 g/mol. The van der Waals surface area contributed by atoms with Gasteiger partial charge in [0, 0.05) is 23.2 Å². The summed E-state index contributed by atoms with van der Waals surface area (Å²) in [7, 11) is 1.49. The van der Waals surface area contributed by atoms with Crippen molar-refractivity contribution in [3.05, 3.63) is 52.5 Å². The molecule has 0 aromatic heterocycles. The number of phenols is 2. The van der Waals surface area contributed by atoms with Gasteiger partial charge in [-0.05, 0) is 36.7 Å². The minimum atomic E-state index is 0.110. The SMILES string of the molecule is COc1cc(Cl)cc(CNCCc2ccc(O)cc2)c1O. The molecule has 0 saturated carbocycles. The number of ether oxygens (including phenoxy) is 1. The summed E-state index contributed by atoms with van der Waals surface area (Å²) in [6.45, 7) is 1.25. The average Bonchev–Trinajstić information content (AvgIpc) is 2.48. The van der Waals surface area contributed by atoms with Gasteiger partial charge >= 0.3 is 0 Å². The Bertz CT molecular complexity index is 599. The van der Waals surface area contributed by atoms with Crippen LogP contribution in [0, 0.1) is 0 Å². The summed E-state index contributed by atoms with van der Waals surface area (Å²) in [5.74, 6) is 0.750. The van der Waals surface area contributed by atoms with E-state index in [0.717, 1.165) is 18.5 Å². The van der Waals surface area contributed by atoms with Crippen LogP contribution in [0.3, 0.4) is 0 Å². The summed E-state index contributed by atoms with van der Waals surface area (Å²) >= 11 is 5.98. The fraction of sp³-hybridized carbons (Fsp3) is 0.250. The number of benzene rings is 2. The van der Waals surface area contributed by atoms with E-state index >= 15 is 0 Å². The Hall–Kier alpha value is -1.91. The van der Waals surface area contributed by atoms with Gasteiger partial charge < -0.3 is 20.3 Å². The highest BCUT2D eigenvalue weighted by molar-refractivity contribution is 6.30. The first-order valence-corrected chi connectivity index (χ1v) is 7.02. The maximum Gasteiger partial charge on any atom is 0.162 e. The molecule has 2 aromatic rings. The number of methoxy groups -OCH3 is 1. The lowest BCUT2D eigenvalue weighted by Crippen LogP contribution is -2.16. The van der Waals surface area contributed by atoms with Crippen LogP contribution in [0.1, 0.15) is 11.1 Å². The van der Waals surface area contributed by atoms with E-state index in [-0.39, 0.29) is 11.5 Å². The molecule has 0 spiro atoms. The van der Waals surface area contributed by atoms with E-state index in [2.05, 4.69) is 5.32 Å². The van der Waals surface area contributed by atoms with Crippen molar-refractivity contribution in [3.8, 4) is 17.2 Å². The second kappa shape index (κ2) is 7.20. The molecule has 0 heterocycles. The molecule has 3 N–H and O–H groups in total. The maximum atomic E-state index is 10.0. The molecule has 0 atom stereocenters. The molecule has 0 aliphatic carbocycles. The Morgan fingerprint density at radius 3 is 2.52 bits per heavy atom. The zero-order chi connectivity index (χ0) is 15.2. The fourth-order valence-corrected chi connectivity index (χ4v) is 2.27. The van der Waals surface area contributed by atoms with Gasteiger partial charge in [0.2, 0.25) is 0 Å². The van der Waals surface area contributed by atoms with E-state index < -0.39 is 0 Å². The third-order valence-corrected chi connectivity index (χ3v) is 3.40. The number of hydrogen-bond acceptors (Lipinski definition) is 4. The summed E-state index contributed by atoms with van der Waals surface area (Å²) < 4.78 is 5.07. The van der Waals surface area contributed by atoms with Gasteiger partial charge in [0.1, 0.15) is 5.75 Å². The molecule has 21 heavy (non-hydrogen) atoms. The normalized spacial score (nSPS) is 10.6. The van der Waals surface area contributed by atoms with Gasteiger partial charge in [-0.2, -0.15) is 0 Å². The third kappa shape index (κ3) is 4.28. The van der Waals surface area contributed by atoms with Gasteiger partial charge in [-0.3, -0.25) is 0 Å². The molecule has 2 rings (SSSR count). The van der Waals surface area contributed by atoms with Gasteiger partial charge in [0.15, 0.2) is 11.5 Å². The van der Waals surface area contributed by atoms with Crippen LogP contribution >= 0.6 is 11.6 Å². The first-order chi connectivity index (χ1) is 10.1. The average molecular weight is 308 g/mol. The van der Waals surface area contributed by atoms with Crippen molar-refractivity contribution in [3.63, 3.8) is 0 Å². The number of hydrogen-bond donors (Lipinski definition) is 3. The monoisotopic (exact) mass is 307 g/mol. The van der Waals surface area contributed by atoms with Crippen molar-refractivity contribution in [2.45, 2.75) is 13.0 Å². The quantitative estimate of drug-likeness (QED) is 0.718. The van der Waals surface area contributed by atoms with Gasteiger partial charge in [-0.15, -0.1) is 0 Å². The molecule has 4 nitrogen and oxygen atoms in total. The largest absolute Gasteiger partial charge is 0.508 e. The molecule has 0 amide bonds. The molecule has 5 heteroatoms. The van der Waals surface area contributed by atoms with E-state index in [1.54, 1.807) is 24.3 Å². The summed E-state index contributed by atoms with van der Waals surface area (Å²) in [5, 5.41) is 23.0. The van der Waals surface area contributed by atoms with Crippen LogP contribution in [0.5, 0.6) is 17.2 Å². The summed E-state index contributed by atoms with van der Waals surface area (Å²) in [4.78, 5) is 0. The third-order valence-electron chi connectivity index (χ3n) is 3.18. The Morgan fingerprint density at radius 1 is 1.14 bits per heavy atom. The number of aromatic hydroxyl groups is 2. The summed E-state index contributed by atoms with van der Waals surface area (Å²) in [6.07, 6.45) is 0.832. The molecule has 0 saturated heterocycles. The van der Waals surface area contributed by atoms with Crippen LogP contribution in [0.15, 0.2) is 36.4 Å². The Morgan fingerprint density at radius 2 is 1.86 bits per heavy atom. The van der Waals surface area contributed by atoms with Crippen LogP contribution in [0.25, 0.3) is 0 Å². The van der Waals surface area contributed by atoms with Crippen LogP contribution in [-0.2, 0) is 13.0 Å². The summed E-state index contributed by atoms with van der Waals surface area (Å²) in [6, 6.07) is 10.4. The van der Waals surface area contributed by atoms with Crippen molar-refractivity contribution >= 4 is 11.6 Å². The van der Waals surface area contributed by atoms with Crippen molar-refractivity contribution < 1.29 is 14.9 Å². The van der Waals surface area contributed by atoms with Gasteiger partial charge in [-0.1, -0.05) is 23.7 Å². The molecule has 112 valence electrons. The zero-order valence-corrected chi connectivity index (χ0v) is 12.5. The van der Waals surface area contributed by atoms with Gasteiger partial charge in [0.05, 0.1) is 7.11 Å². The first kappa shape index (κ1) is 15.5. The molecule has 0 radical (unpaired) electrons. The molecule has 0 bridgehead atoms.